The Balaban J connectivity index is 2.20. The Kier molecular flexibility index (Phi) is 6.28. The number of hydrogen-bond donors (Lipinski definition) is 2. The summed E-state index contributed by atoms with van der Waals surface area (Å²) < 4.78 is 10.4. The van der Waals surface area contributed by atoms with Gasteiger partial charge < -0.3 is 19.9 Å². The van der Waals surface area contributed by atoms with Gasteiger partial charge in [0.05, 0.1) is 5.60 Å². The Morgan fingerprint density at radius 2 is 2.25 bits per heavy atom. The van der Waals surface area contributed by atoms with Crippen LogP contribution in [0.3, 0.4) is 0 Å². The van der Waals surface area contributed by atoms with Gasteiger partial charge in [-0.05, 0) is 26.2 Å². The molecule has 0 aromatic rings. The third kappa shape index (κ3) is 5.80. The summed E-state index contributed by atoms with van der Waals surface area (Å²) in [6.07, 6.45) is 3.96. The maximum Gasteiger partial charge on any atom is 0.0765 e. The lowest BCUT2D eigenvalue weighted by atomic mass is 10.0. The van der Waals surface area contributed by atoms with Gasteiger partial charge in [0.1, 0.15) is 0 Å². The fourth-order valence-corrected chi connectivity index (χ4v) is 1.88. The van der Waals surface area contributed by atoms with Crippen LogP contribution in [-0.2, 0) is 9.47 Å². The van der Waals surface area contributed by atoms with Crippen LogP contribution in [0.15, 0.2) is 0 Å². The van der Waals surface area contributed by atoms with Crippen LogP contribution in [0.5, 0.6) is 0 Å². The number of ether oxygens (including phenoxy) is 2. The summed E-state index contributed by atoms with van der Waals surface area (Å²) in [4.78, 5) is 0. The molecule has 2 unspecified atom stereocenters. The van der Waals surface area contributed by atoms with Crippen molar-refractivity contribution >= 4 is 0 Å². The molecule has 4 heteroatoms. The van der Waals surface area contributed by atoms with Gasteiger partial charge in [0.15, 0.2) is 0 Å². The zero-order chi connectivity index (χ0) is 11.9. The predicted octanol–water partition coefficient (Wildman–Crippen LogP) is 0.933. The molecular formula is C12H25NO3. The van der Waals surface area contributed by atoms with Crippen LogP contribution in [0.25, 0.3) is 0 Å². The Bertz CT molecular complexity index is 177. The average Bonchev–Trinajstić information content (AvgIpc) is 2.52. The number of nitrogens with one attached hydrogen (secondary N) is 1. The van der Waals surface area contributed by atoms with Crippen LogP contribution >= 0.6 is 0 Å². The third-order valence-electron chi connectivity index (χ3n) is 3.07. The van der Waals surface area contributed by atoms with Gasteiger partial charge in [-0.25, -0.2) is 0 Å². The maximum absolute atomic E-state index is 10.1. The molecule has 1 saturated heterocycles. The van der Waals surface area contributed by atoms with Crippen LogP contribution < -0.4 is 5.32 Å². The smallest absolute Gasteiger partial charge is 0.0765 e. The molecular weight excluding hydrogens is 206 g/mol. The Morgan fingerprint density at radius 1 is 1.44 bits per heavy atom. The molecule has 0 spiro atoms. The van der Waals surface area contributed by atoms with Crippen molar-refractivity contribution in [3.05, 3.63) is 0 Å². The molecule has 0 radical (unpaired) electrons. The first-order valence-corrected chi connectivity index (χ1v) is 6.16. The molecule has 1 aliphatic rings. The molecule has 2 atom stereocenters. The Morgan fingerprint density at radius 3 is 3.00 bits per heavy atom. The average molecular weight is 231 g/mol. The highest BCUT2D eigenvalue weighted by molar-refractivity contribution is 4.79. The van der Waals surface area contributed by atoms with Gasteiger partial charge in [-0.3, -0.25) is 0 Å². The molecule has 0 bridgehead atoms. The molecule has 96 valence electrons. The summed E-state index contributed by atoms with van der Waals surface area (Å²) in [6, 6.07) is 0.483. The standard InChI is InChI=1S/C12H25NO3/c1-12(14,6-9-15-2)10-13-11-4-3-7-16-8-5-11/h11,13-14H,3-10H2,1-2H3. The number of aliphatic hydroxyl groups is 1. The highest BCUT2D eigenvalue weighted by atomic mass is 16.5. The lowest BCUT2D eigenvalue weighted by molar-refractivity contribution is 0.0221. The highest BCUT2D eigenvalue weighted by Crippen LogP contribution is 2.12. The summed E-state index contributed by atoms with van der Waals surface area (Å²) in [6.45, 7) is 4.78. The molecule has 0 aromatic carbocycles. The van der Waals surface area contributed by atoms with Gasteiger partial charge in [0.25, 0.3) is 0 Å². The Hall–Kier alpha value is -0.160. The van der Waals surface area contributed by atoms with Crippen LogP contribution in [0.2, 0.25) is 0 Å². The second-order valence-electron chi connectivity index (χ2n) is 4.86. The van der Waals surface area contributed by atoms with Crippen molar-refractivity contribution < 1.29 is 14.6 Å². The molecule has 0 amide bonds. The number of methoxy groups -OCH3 is 1. The van der Waals surface area contributed by atoms with Crippen molar-refractivity contribution in [2.45, 2.75) is 44.2 Å². The first-order valence-electron chi connectivity index (χ1n) is 6.16. The van der Waals surface area contributed by atoms with Crippen molar-refractivity contribution in [1.82, 2.24) is 5.32 Å². The zero-order valence-corrected chi connectivity index (χ0v) is 10.5. The first kappa shape index (κ1) is 13.9. The molecule has 1 aliphatic heterocycles. The lowest BCUT2D eigenvalue weighted by Gasteiger charge is -2.26. The van der Waals surface area contributed by atoms with E-state index in [-0.39, 0.29) is 0 Å². The fraction of sp³-hybridized carbons (Fsp3) is 1.00. The van der Waals surface area contributed by atoms with Gasteiger partial charge in [0.2, 0.25) is 0 Å². The van der Waals surface area contributed by atoms with Gasteiger partial charge in [-0.2, -0.15) is 0 Å². The van der Waals surface area contributed by atoms with E-state index in [9.17, 15) is 5.11 Å². The quantitative estimate of drug-likeness (QED) is 0.714. The van der Waals surface area contributed by atoms with E-state index in [1.807, 2.05) is 6.92 Å². The summed E-state index contributed by atoms with van der Waals surface area (Å²) in [5, 5.41) is 13.5. The lowest BCUT2D eigenvalue weighted by Crippen LogP contribution is -2.43. The number of hydrogen-bond acceptors (Lipinski definition) is 4. The van der Waals surface area contributed by atoms with E-state index < -0.39 is 5.60 Å². The Labute approximate surface area is 98.3 Å². The van der Waals surface area contributed by atoms with E-state index in [1.165, 1.54) is 0 Å². The van der Waals surface area contributed by atoms with Crippen LogP contribution in [0.1, 0.15) is 32.6 Å². The summed E-state index contributed by atoms with van der Waals surface area (Å²) >= 11 is 0. The fourth-order valence-electron chi connectivity index (χ4n) is 1.88. The maximum atomic E-state index is 10.1. The molecule has 0 aliphatic carbocycles. The minimum atomic E-state index is -0.677. The largest absolute Gasteiger partial charge is 0.389 e. The van der Waals surface area contributed by atoms with Crippen molar-refractivity contribution in [3.8, 4) is 0 Å². The highest BCUT2D eigenvalue weighted by Gasteiger charge is 2.22. The van der Waals surface area contributed by atoms with Crippen LogP contribution in [-0.4, -0.2) is 50.2 Å². The van der Waals surface area contributed by atoms with E-state index in [2.05, 4.69) is 5.32 Å². The molecule has 0 saturated carbocycles. The summed E-state index contributed by atoms with van der Waals surface area (Å²) in [7, 11) is 1.66. The van der Waals surface area contributed by atoms with E-state index >= 15 is 0 Å². The van der Waals surface area contributed by atoms with Gasteiger partial charge in [-0.15, -0.1) is 0 Å². The summed E-state index contributed by atoms with van der Waals surface area (Å²) in [5.74, 6) is 0. The first-order chi connectivity index (χ1) is 7.64. The van der Waals surface area contributed by atoms with E-state index in [4.69, 9.17) is 9.47 Å². The molecule has 16 heavy (non-hydrogen) atoms. The van der Waals surface area contributed by atoms with Crippen molar-refractivity contribution in [2.75, 3.05) is 33.5 Å². The molecule has 0 aromatic heterocycles. The van der Waals surface area contributed by atoms with Gasteiger partial charge in [-0.1, -0.05) is 0 Å². The van der Waals surface area contributed by atoms with Crippen molar-refractivity contribution in [1.29, 1.82) is 0 Å². The van der Waals surface area contributed by atoms with Crippen molar-refractivity contribution in [3.63, 3.8) is 0 Å². The van der Waals surface area contributed by atoms with Crippen LogP contribution in [0.4, 0.5) is 0 Å². The second-order valence-corrected chi connectivity index (χ2v) is 4.86. The van der Waals surface area contributed by atoms with E-state index in [1.54, 1.807) is 7.11 Å². The minimum Gasteiger partial charge on any atom is -0.389 e. The number of rotatable bonds is 6. The predicted molar refractivity (Wildman–Crippen MR) is 63.6 cm³/mol. The van der Waals surface area contributed by atoms with Crippen LogP contribution in [0, 0.1) is 0 Å². The third-order valence-corrected chi connectivity index (χ3v) is 3.07. The van der Waals surface area contributed by atoms with Gasteiger partial charge in [0, 0.05) is 45.9 Å². The van der Waals surface area contributed by atoms with Gasteiger partial charge >= 0.3 is 0 Å². The molecule has 1 fully saturated rings. The van der Waals surface area contributed by atoms with Crippen molar-refractivity contribution in [2.24, 2.45) is 0 Å². The topological polar surface area (TPSA) is 50.7 Å². The molecule has 2 N–H and O–H groups in total. The normalized spacial score (nSPS) is 26.1. The van der Waals surface area contributed by atoms with E-state index in [0.717, 1.165) is 32.5 Å². The monoisotopic (exact) mass is 231 g/mol. The van der Waals surface area contributed by atoms with E-state index in [0.29, 0.717) is 25.6 Å². The summed E-state index contributed by atoms with van der Waals surface area (Å²) in [5.41, 5.74) is -0.677. The second kappa shape index (κ2) is 7.22. The molecule has 4 nitrogen and oxygen atoms in total. The SMILES string of the molecule is COCCC(C)(O)CNC1CCCOCC1. The zero-order valence-electron chi connectivity index (χ0n) is 10.5. The molecule has 1 heterocycles. The minimum absolute atomic E-state index is 0.483. The molecule has 1 rings (SSSR count).